The van der Waals surface area contributed by atoms with Crippen molar-refractivity contribution in [2.75, 3.05) is 6.54 Å². The molecule has 0 aliphatic heterocycles. The molecule has 0 fully saturated rings. The molecule has 0 unspecified atom stereocenters. The molecule has 0 saturated carbocycles. The number of hydrogen-bond donors (Lipinski definition) is 4. The number of halogens is 2. The van der Waals surface area contributed by atoms with Gasteiger partial charge < -0.3 is 15.7 Å². The SMILES string of the molecule is CCc1cccc(CNC[C@H](O)[C@H](Cc2cc(F)cc(F)c2)NC(=O)c2cccc(S(=O)(=O)NC(C)(C)C)c2)c1. The number of nitrogens with one attached hydrogen (secondary N) is 3. The van der Waals surface area contributed by atoms with Crippen molar-refractivity contribution in [3.05, 3.63) is 101 Å². The molecule has 216 valence electrons. The van der Waals surface area contributed by atoms with Crippen LogP contribution in [-0.2, 0) is 29.4 Å². The number of benzene rings is 3. The van der Waals surface area contributed by atoms with Crippen molar-refractivity contribution < 1.29 is 27.1 Å². The summed E-state index contributed by atoms with van der Waals surface area (Å²) in [4.78, 5) is 13.1. The molecule has 0 aromatic heterocycles. The first-order valence-corrected chi connectivity index (χ1v) is 14.6. The summed E-state index contributed by atoms with van der Waals surface area (Å²) in [5, 5.41) is 16.9. The Hall–Kier alpha value is -3.18. The quantitative estimate of drug-likeness (QED) is 0.261. The molecule has 4 N–H and O–H groups in total. The Morgan fingerprint density at radius 1 is 0.925 bits per heavy atom. The van der Waals surface area contributed by atoms with E-state index >= 15 is 0 Å². The largest absolute Gasteiger partial charge is 0.390 e. The molecule has 3 aromatic rings. The highest BCUT2D eigenvalue weighted by Crippen LogP contribution is 2.17. The Balaban J connectivity index is 1.79. The maximum atomic E-state index is 13.9. The first-order valence-electron chi connectivity index (χ1n) is 13.1. The van der Waals surface area contributed by atoms with Crippen LogP contribution in [-0.4, -0.2) is 43.7 Å². The summed E-state index contributed by atoms with van der Waals surface area (Å²) in [6.45, 7) is 7.74. The number of carbonyl (C=O) groups is 1. The van der Waals surface area contributed by atoms with E-state index in [0.717, 1.165) is 30.2 Å². The summed E-state index contributed by atoms with van der Waals surface area (Å²) < 4.78 is 55.8. The van der Waals surface area contributed by atoms with Gasteiger partial charge in [0.15, 0.2) is 0 Å². The van der Waals surface area contributed by atoms with Crippen molar-refractivity contribution in [3.63, 3.8) is 0 Å². The molecular weight excluding hydrogens is 536 g/mol. The predicted molar refractivity (Wildman–Crippen MR) is 151 cm³/mol. The van der Waals surface area contributed by atoms with E-state index in [1.54, 1.807) is 20.8 Å². The van der Waals surface area contributed by atoms with Crippen LogP contribution in [0.3, 0.4) is 0 Å². The van der Waals surface area contributed by atoms with Crippen LogP contribution in [0.15, 0.2) is 71.6 Å². The van der Waals surface area contributed by atoms with Crippen molar-refractivity contribution in [3.8, 4) is 0 Å². The zero-order valence-electron chi connectivity index (χ0n) is 23.2. The standard InChI is InChI=1S/C30H37F2N3O4S/c1-5-20-8-6-9-21(12-20)18-33-19-28(36)27(15-22-13-24(31)17-25(32)14-22)34-29(37)23-10-7-11-26(16-23)40(38,39)35-30(2,3)4/h6-14,16-17,27-28,33,35-36H,5,15,18-19H2,1-4H3,(H,34,37)/t27-,28-/m0/s1. The first kappa shape index (κ1) is 31.3. The Bertz CT molecular complexity index is 1400. The molecule has 0 aliphatic carbocycles. The maximum absolute atomic E-state index is 13.9. The van der Waals surface area contributed by atoms with E-state index in [1.165, 1.54) is 29.8 Å². The van der Waals surface area contributed by atoms with Crippen molar-refractivity contribution in [1.29, 1.82) is 0 Å². The highest BCUT2D eigenvalue weighted by atomic mass is 32.2. The van der Waals surface area contributed by atoms with Gasteiger partial charge in [-0.1, -0.05) is 37.3 Å². The summed E-state index contributed by atoms with van der Waals surface area (Å²) in [7, 11) is -3.89. The van der Waals surface area contributed by atoms with Crippen LogP contribution in [0.25, 0.3) is 0 Å². The second-order valence-electron chi connectivity index (χ2n) is 10.8. The minimum Gasteiger partial charge on any atom is -0.390 e. The molecule has 3 aromatic carbocycles. The van der Waals surface area contributed by atoms with Gasteiger partial charge in [0.05, 0.1) is 17.0 Å². The van der Waals surface area contributed by atoms with Gasteiger partial charge in [0.2, 0.25) is 10.0 Å². The lowest BCUT2D eigenvalue weighted by atomic mass is 10.00. The van der Waals surface area contributed by atoms with Gasteiger partial charge in [0.1, 0.15) is 11.6 Å². The number of sulfonamides is 1. The zero-order chi connectivity index (χ0) is 29.5. The first-order chi connectivity index (χ1) is 18.8. The molecule has 1 amide bonds. The van der Waals surface area contributed by atoms with E-state index in [-0.39, 0.29) is 29.0 Å². The number of aryl methyl sites for hydroxylation is 1. The number of amides is 1. The molecule has 0 spiro atoms. The smallest absolute Gasteiger partial charge is 0.251 e. The van der Waals surface area contributed by atoms with Gasteiger partial charge in [-0.15, -0.1) is 0 Å². The molecule has 2 atom stereocenters. The van der Waals surface area contributed by atoms with Gasteiger partial charge in [-0.3, -0.25) is 4.79 Å². The molecule has 0 saturated heterocycles. The predicted octanol–water partition coefficient (Wildman–Crippen LogP) is 4.10. The second-order valence-corrected chi connectivity index (χ2v) is 12.5. The fourth-order valence-electron chi connectivity index (χ4n) is 4.25. The van der Waals surface area contributed by atoms with Crippen molar-refractivity contribution in [2.45, 2.75) is 69.7 Å². The third-order valence-electron chi connectivity index (χ3n) is 6.09. The normalized spacial score (nSPS) is 13.6. The van der Waals surface area contributed by atoms with E-state index in [1.807, 2.05) is 18.2 Å². The van der Waals surface area contributed by atoms with Gasteiger partial charge in [-0.05, 0) is 80.6 Å². The Morgan fingerprint density at radius 3 is 2.23 bits per heavy atom. The van der Waals surface area contributed by atoms with Crippen molar-refractivity contribution in [2.24, 2.45) is 0 Å². The average Bonchev–Trinajstić information content (AvgIpc) is 2.86. The molecule has 40 heavy (non-hydrogen) atoms. The fraction of sp³-hybridized carbons (Fsp3) is 0.367. The average molecular weight is 574 g/mol. The molecule has 0 aliphatic rings. The highest BCUT2D eigenvalue weighted by Gasteiger charge is 2.25. The summed E-state index contributed by atoms with van der Waals surface area (Å²) in [6.07, 6.45) is -0.291. The van der Waals surface area contributed by atoms with Crippen LogP contribution < -0.4 is 15.4 Å². The lowest BCUT2D eigenvalue weighted by Crippen LogP contribution is -2.48. The number of aliphatic hydroxyl groups excluding tert-OH is 1. The molecule has 10 heteroatoms. The van der Waals surface area contributed by atoms with E-state index in [4.69, 9.17) is 0 Å². The van der Waals surface area contributed by atoms with E-state index in [0.29, 0.717) is 6.54 Å². The maximum Gasteiger partial charge on any atom is 0.251 e. The number of aliphatic hydroxyl groups is 1. The minimum absolute atomic E-state index is 0.0574. The Morgan fingerprint density at radius 2 is 1.57 bits per heavy atom. The van der Waals surface area contributed by atoms with Crippen LogP contribution >= 0.6 is 0 Å². The Kier molecular flexibility index (Phi) is 10.5. The third-order valence-corrected chi connectivity index (χ3v) is 7.84. The van der Waals surface area contributed by atoms with Crippen LogP contribution in [0.1, 0.15) is 54.7 Å². The molecule has 0 bridgehead atoms. The molecule has 3 rings (SSSR count). The lowest BCUT2D eigenvalue weighted by Gasteiger charge is -2.25. The van der Waals surface area contributed by atoms with Crippen LogP contribution in [0.4, 0.5) is 8.78 Å². The topological polar surface area (TPSA) is 108 Å². The second kappa shape index (κ2) is 13.5. The molecule has 0 heterocycles. The van der Waals surface area contributed by atoms with Crippen molar-refractivity contribution >= 4 is 15.9 Å². The van der Waals surface area contributed by atoms with Crippen LogP contribution in [0.2, 0.25) is 0 Å². The third kappa shape index (κ3) is 9.48. The zero-order valence-corrected chi connectivity index (χ0v) is 24.0. The summed E-state index contributed by atoms with van der Waals surface area (Å²) in [6, 6.07) is 15.6. The van der Waals surface area contributed by atoms with Crippen molar-refractivity contribution in [1.82, 2.24) is 15.4 Å². The number of carbonyl (C=O) groups excluding carboxylic acids is 1. The highest BCUT2D eigenvalue weighted by molar-refractivity contribution is 7.89. The summed E-state index contributed by atoms with van der Waals surface area (Å²) in [5.74, 6) is -2.18. The fourth-order valence-corrected chi connectivity index (χ4v) is 5.71. The van der Waals surface area contributed by atoms with Crippen LogP contribution in [0.5, 0.6) is 0 Å². The number of hydrogen-bond acceptors (Lipinski definition) is 5. The monoisotopic (exact) mass is 573 g/mol. The van der Waals surface area contributed by atoms with Gasteiger partial charge in [-0.25, -0.2) is 21.9 Å². The number of rotatable bonds is 12. The molecule has 7 nitrogen and oxygen atoms in total. The van der Waals surface area contributed by atoms with Gasteiger partial charge >= 0.3 is 0 Å². The minimum atomic E-state index is -3.89. The van der Waals surface area contributed by atoms with Gasteiger partial charge in [0.25, 0.3) is 5.91 Å². The van der Waals surface area contributed by atoms with Crippen LogP contribution in [0, 0.1) is 11.6 Å². The molecular formula is C30H37F2N3O4S. The Labute approximate surface area is 235 Å². The summed E-state index contributed by atoms with van der Waals surface area (Å²) in [5.41, 5.74) is 1.80. The lowest BCUT2D eigenvalue weighted by molar-refractivity contribution is 0.0829. The van der Waals surface area contributed by atoms with E-state index in [9.17, 15) is 27.1 Å². The van der Waals surface area contributed by atoms with Gasteiger partial charge in [-0.2, -0.15) is 0 Å². The van der Waals surface area contributed by atoms with E-state index in [2.05, 4.69) is 28.3 Å². The molecule has 0 radical (unpaired) electrons. The van der Waals surface area contributed by atoms with Gasteiger partial charge in [0, 0.05) is 30.3 Å². The van der Waals surface area contributed by atoms with E-state index < -0.39 is 45.2 Å². The summed E-state index contributed by atoms with van der Waals surface area (Å²) >= 11 is 0.